The third-order valence-corrected chi connectivity index (χ3v) is 5.06. The molecule has 2 aromatic carbocycles. The largest absolute Gasteiger partial charge is 0.491 e. The number of amides is 2. The lowest BCUT2D eigenvalue weighted by Crippen LogP contribution is -2.39. The molecule has 0 spiro atoms. The van der Waals surface area contributed by atoms with E-state index in [-0.39, 0.29) is 30.3 Å². The van der Waals surface area contributed by atoms with Gasteiger partial charge in [-0.15, -0.1) is 0 Å². The van der Waals surface area contributed by atoms with E-state index in [1.165, 1.54) is 35.8 Å². The third-order valence-electron chi connectivity index (χ3n) is 4.08. The molecule has 0 aliphatic carbocycles. The summed E-state index contributed by atoms with van der Waals surface area (Å²) >= 11 is 0. The molecule has 0 fully saturated rings. The molecule has 2 rings (SSSR count). The van der Waals surface area contributed by atoms with E-state index in [0.29, 0.717) is 5.75 Å². The van der Waals surface area contributed by atoms with Gasteiger partial charge in [0.05, 0.1) is 11.8 Å². The van der Waals surface area contributed by atoms with Crippen LogP contribution >= 0.6 is 0 Å². The Morgan fingerprint density at radius 2 is 1.77 bits per heavy atom. The Bertz CT molecular complexity index is 972. The number of hydrogen-bond acceptors (Lipinski definition) is 6. The van der Waals surface area contributed by atoms with Crippen molar-refractivity contribution in [3.8, 4) is 5.75 Å². The summed E-state index contributed by atoms with van der Waals surface area (Å²) in [7, 11) is -3.20. The van der Waals surface area contributed by atoms with Crippen LogP contribution in [-0.4, -0.2) is 50.1 Å². The molecule has 0 radical (unpaired) electrons. The SMILES string of the molecule is CS(=O)(=O)CCC(COc1ccc(C(=O)NO)cc1)NC(=O)/C=C/c1ccccc1. The third kappa shape index (κ3) is 8.46. The molecule has 1 unspecified atom stereocenters. The van der Waals surface area contributed by atoms with E-state index in [0.717, 1.165) is 11.8 Å². The fraction of sp³-hybridized carbons (Fsp3) is 0.238. The number of carbonyl (C=O) groups excluding carboxylic acids is 2. The Hall–Kier alpha value is -3.17. The Morgan fingerprint density at radius 3 is 2.37 bits per heavy atom. The number of hydrogen-bond donors (Lipinski definition) is 3. The van der Waals surface area contributed by atoms with Crippen molar-refractivity contribution in [1.82, 2.24) is 10.8 Å². The molecule has 0 saturated carbocycles. The van der Waals surface area contributed by atoms with E-state index in [1.807, 2.05) is 30.3 Å². The molecule has 0 saturated heterocycles. The zero-order valence-corrected chi connectivity index (χ0v) is 17.3. The minimum Gasteiger partial charge on any atom is -0.491 e. The van der Waals surface area contributed by atoms with Crippen LogP contribution in [0.2, 0.25) is 0 Å². The summed E-state index contributed by atoms with van der Waals surface area (Å²) < 4.78 is 28.7. The summed E-state index contributed by atoms with van der Waals surface area (Å²) in [6.07, 6.45) is 4.36. The Morgan fingerprint density at radius 1 is 1.10 bits per heavy atom. The molecule has 160 valence electrons. The molecule has 1 atom stereocenters. The lowest BCUT2D eigenvalue weighted by Gasteiger charge is -2.18. The Labute approximate surface area is 175 Å². The van der Waals surface area contributed by atoms with Gasteiger partial charge in [0.25, 0.3) is 5.91 Å². The van der Waals surface area contributed by atoms with E-state index in [2.05, 4.69) is 5.32 Å². The molecule has 0 heterocycles. The van der Waals surface area contributed by atoms with Gasteiger partial charge in [0.15, 0.2) is 0 Å². The van der Waals surface area contributed by atoms with Gasteiger partial charge in [0, 0.05) is 17.9 Å². The molecule has 9 heteroatoms. The first-order valence-corrected chi connectivity index (χ1v) is 11.2. The smallest absolute Gasteiger partial charge is 0.274 e. The van der Waals surface area contributed by atoms with Crippen molar-refractivity contribution in [2.75, 3.05) is 18.6 Å². The van der Waals surface area contributed by atoms with Crippen LogP contribution in [0.15, 0.2) is 60.7 Å². The van der Waals surface area contributed by atoms with Gasteiger partial charge in [-0.05, 0) is 42.3 Å². The fourth-order valence-electron chi connectivity index (χ4n) is 2.50. The highest BCUT2D eigenvalue weighted by Crippen LogP contribution is 2.13. The predicted molar refractivity (Wildman–Crippen MR) is 113 cm³/mol. The van der Waals surface area contributed by atoms with Crippen LogP contribution in [0.3, 0.4) is 0 Å². The van der Waals surface area contributed by atoms with Crippen molar-refractivity contribution >= 4 is 27.7 Å². The van der Waals surface area contributed by atoms with E-state index in [4.69, 9.17) is 9.94 Å². The van der Waals surface area contributed by atoms with E-state index < -0.39 is 21.8 Å². The second-order valence-corrected chi connectivity index (χ2v) is 8.90. The van der Waals surface area contributed by atoms with Crippen molar-refractivity contribution in [3.05, 3.63) is 71.8 Å². The minimum atomic E-state index is -3.20. The number of nitrogens with one attached hydrogen (secondary N) is 2. The molecule has 0 aliphatic rings. The summed E-state index contributed by atoms with van der Waals surface area (Å²) in [5.74, 6) is -0.678. The average molecular weight is 432 g/mol. The summed E-state index contributed by atoms with van der Waals surface area (Å²) in [4.78, 5) is 23.6. The van der Waals surface area contributed by atoms with Gasteiger partial charge in [0.1, 0.15) is 22.2 Å². The van der Waals surface area contributed by atoms with Crippen molar-refractivity contribution in [2.24, 2.45) is 0 Å². The first-order chi connectivity index (χ1) is 14.3. The summed E-state index contributed by atoms with van der Waals surface area (Å²) in [5, 5.41) is 11.4. The molecule has 0 aliphatic heterocycles. The highest BCUT2D eigenvalue weighted by molar-refractivity contribution is 7.90. The Kier molecular flexibility index (Phi) is 8.57. The highest BCUT2D eigenvalue weighted by Gasteiger charge is 2.15. The zero-order chi connectivity index (χ0) is 22.0. The molecular weight excluding hydrogens is 408 g/mol. The minimum absolute atomic E-state index is 0.0476. The number of ether oxygens (including phenoxy) is 1. The number of sulfone groups is 1. The maximum atomic E-state index is 12.2. The van der Waals surface area contributed by atoms with Crippen LogP contribution in [-0.2, 0) is 14.6 Å². The first-order valence-electron chi connectivity index (χ1n) is 9.15. The summed E-state index contributed by atoms with van der Waals surface area (Å²) in [6.45, 7) is 0.0476. The molecular formula is C21H24N2O6S. The molecule has 2 aromatic rings. The van der Waals surface area contributed by atoms with Gasteiger partial charge in [0.2, 0.25) is 5.91 Å². The van der Waals surface area contributed by atoms with Crippen molar-refractivity contribution in [2.45, 2.75) is 12.5 Å². The van der Waals surface area contributed by atoms with Crippen molar-refractivity contribution in [1.29, 1.82) is 0 Å². The molecule has 0 bridgehead atoms. The molecule has 3 N–H and O–H groups in total. The van der Waals surface area contributed by atoms with Crippen molar-refractivity contribution in [3.63, 3.8) is 0 Å². The summed E-state index contributed by atoms with van der Waals surface area (Å²) in [5.41, 5.74) is 2.65. The number of rotatable bonds is 10. The standard InChI is InChI=1S/C21H24N2O6S/c1-30(27,28)14-13-18(22-20(24)12-7-16-5-3-2-4-6-16)15-29-19-10-8-17(9-11-19)21(25)23-26/h2-12,18,26H,13-15H2,1H3,(H,22,24)(H,23,25)/b12-7+. The highest BCUT2D eigenvalue weighted by atomic mass is 32.2. The van der Waals surface area contributed by atoms with Crippen molar-refractivity contribution < 1.29 is 28.0 Å². The topological polar surface area (TPSA) is 122 Å². The van der Waals surface area contributed by atoms with Gasteiger partial charge in [-0.1, -0.05) is 30.3 Å². The molecule has 30 heavy (non-hydrogen) atoms. The predicted octanol–water partition coefficient (Wildman–Crippen LogP) is 1.82. The number of carbonyl (C=O) groups is 2. The monoisotopic (exact) mass is 432 g/mol. The van der Waals surface area contributed by atoms with E-state index in [9.17, 15) is 18.0 Å². The molecule has 2 amide bonds. The fourth-order valence-corrected chi connectivity index (χ4v) is 3.22. The van der Waals surface area contributed by atoms with Crippen LogP contribution in [0.25, 0.3) is 6.08 Å². The van der Waals surface area contributed by atoms with Gasteiger partial charge < -0.3 is 10.1 Å². The lowest BCUT2D eigenvalue weighted by molar-refractivity contribution is -0.117. The van der Waals surface area contributed by atoms with Crippen LogP contribution in [0, 0.1) is 0 Å². The van der Waals surface area contributed by atoms with Crippen LogP contribution < -0.4 is 15.5 Å². The number of hydroxylamine groups is 1. The normalized spacial score (nSPS) is 12.3. The van der Waals surface area contributed by atoms with Gasteiger partial charge in [-0.2, -0.15) is 0 Å². The maximum Gasteiger partial charge on any atom is 0.274 e. The Balaban J connectivity index is 1.98. The molecule has 0 aromatic heterocycles. The first kappa shape index (κ1) is 23.1. The van der Waals surface area contributed by atoms with Gasteiger partial charge in [-0.25, -0.2) is 13.9 Å². The van der Waals surface area contributed by atoms with Crippen LogP contribution in [0.4, 0.5) is 0 Å². The van der Waals surface area contributed by atoms with Gasteiger partial charge in [-0.3, -0.25) is 14.8 Å². The van der Waals surface area contributed by atoms with E-state index in [1.54, 1.807) is 6.08 Å². The van der Waals surface area contributed by atoms with Gasteiger partial charge >= 0.3 is 0 Å². The second-order valence-electron chi connectivity index (χ2n) is 6.64. The second kappa shape index (κ2) is 11.1. The number of benzene rings is 2. The zero-order valence-electron chi connectivity index (χ0n) is 16.4. The van der Waals surface area contributed by atoms with E-state index >= 15 is 0 Å². The van der Waals surface area contributed by atoms with Crippen LogP contribution in [0.1, 0.15) is 22.3 Å². The molecule has 8 nitrogen and oxygen atoms in total. The average Bonchev–Trinajstić information content (AvgIpc) is 2.74. The maximum absolute atomic E-state index is 12.2. The quantitative estimate of drug-likeness (QED) is 0.299. The lowest BCUT2D eigenvalue weighted by atomic mass is 10.2. The van der Waals surface area contributed by atoms with Crippen LogP contribution in [0.5, 0.6) is 5.75 Å². The summed E-state index contributed by atoms with van der Waals surface area (Å²) in [6, 6.07) is 14.8.